The third-order valence-corrected chi connectivity index (χ3v) is 4.85. The lowest BCUT2D eigenvalue weighted by molar-refractivity contribution is -0.274. The van der Waals surface area contributed by atoms with Crippen molar-refractivity contribution in [2.45, 2.75) is 32.7 Å². The first kappa shape index (κ1) is 21.8. The molecule has 1 amide bonds. The third-order valence-electron chi connectivity index (χ3n) is 4.18. The number of furan rings is 1. The largest absolute Gasteiger partial charge is 0.573 e. The van der Waals surface area contributed by atoms with Gasteiger partial charge in [0.05, 0.1) is 5.56 Å². The Morgan fingerprint density at radius 1 is 1.33 bits per heavy atom. The molecule has 1 unspecified atom stereocenters. The average molecular weight is 440 g/mol. The van der Waals surface area contributed by atoms with Crippen LogP contribution in [0.5, 0.6) is 5.75 Å². The molecule has 0 saturated carbocycles. The Morgan fingerprint density at radius 3 is 2.80 bits per heavy atom. The fraction of sp³-hybridized carbons (Fsp3) is 0.316. The van der Waals surface area contributed by atoms with Crippen LogP contribution in [0.3, 0.4) is 0 Å². The lowest BCUT2D eigenvalue weighted by Crippen LogP contribution is -2.24. The molecule has 2 heterocycles. The maximum absolute atomic E-state index is 12.6. The van der Waals surface area contributed by atoms with Gasteiger partial charge < -0.3 is 14.5 Å². The molecule has 0 fully saturated rings. The van der Waals surface area contributed by atoms with E-state index >= 15 is 0 Å². The van der Waals surface area contributed by atoms with Crippen LogP contribution in [0.1, 0.15) is 28.9 Å². The molecule has 3 rings (SSSR count). The molecule has 2 N–H and O–H groups in total. The molecule has 11 heteroatoms. The van der Waals surface area contributed by atoms with E-state index in [0.717, 1.165) is 11.5 Å². The van der Waals surface area contributed by atoms with Gasteiger partial charge in [-0.2, -0.15) is 4.37 Å². The van der Waals surface area contributed by atoms with Crippen molar-refractivity contribution in [2.75, 3.05) is 12.4 Å². The highest BCUT2D eigenvalue weighted by Gasteiger charge is 2.31. The third kappa shape index (κ3) is 5.57. The molecule has 2 aromatic heterocycles. The number of rotatable bonds is 7. The molecule has 7 nitrogen and oxygen atoms in total. The Labute approximate surface area is 174 Å². The maximum atomic E-state index is 12.6. The summed E-state index contributed by atoms with van der Waals surface area (Å²) in [6, 6.07) is 6.99. The number of nitrogens with one attached hydrogen (secondary N) is 2. The first-order chi connectivity index (χ1) is 14.1. The summed E-state index contributed by atoms with van der Waals surface area (Å²) in [5.41, 5.74) is 0.589. The topological polar surface area (TPSA) is 89.3 Å². The van der Waals surface area contributed by atoms with Crippen molar-refractivity contribution in [1.82, 2.24) is 14.7 Å². The number of alkyl halides is 3. The summed E-state index contributed by atoms with van der Waals surface area (Å²) in [6.07, 6.45) is -4.18. The van der Waals surface area contributed by atoms with E-state index in [-0.39, 0.29) is 23.1 Å². The number of anilines is 1. The quantitative estimate of drug-likeness (QED) is 0.566. The fourth-order valence-corrected chi connectivity index (χ4v) is 3.22. The molecule has 0 aliphatic rings. The highest BCUT2D eigenvalue weighted by atomic mass is 32.1. The Bertz CT molecular complexity index is 1030. The number of benzene rings is 1. The molecule has 160 valence electrons. The minimum atomic E-state index is -4.80. The summed E-state index contributed by atoms with van der Waals surface area (Å²) >= 11 is 1.07. The number of halogens is 3. The van der Waals surface area contributed by atoms with E-state index in [4.69, 9.17) is 4.42 Å². The highest BCUT2D eigenvalue weighted by Crippen LogP contribution is 2.30. The Kier molecular flexibility index (Phi) is 6.42. The second kappa shape index (κ2) is 8.84. The SMILES string of the molecule is CNC(C)Cc1nsc(NC(=O)c2cc(-c3cccc(OC(F)(F)F)c3)oc2C)n1. The Morgan fingerprint density at radius 2 is 2.10 bits per heavy atom. The first-order valence-corrected chi connectivity index (χ1v) is 9.70. The van der Waals surface area contributed by atoms with Gasteiger partial charge in [0.2, 0.25) is 5.13 Å². The van der Waals surface area contributed by atoms with Crippen molar-refractivity contribution in [2.24, 2.45) is 0 Å². The normalized spacial score (nSPS) is 12.6. The van der Waals surface area contributed by atoms with Crippen LogP contribution >= 0.6 is 11.5 Å². The van der Waals surface area contributed by atoms with Gasteiger partial charge in [-0.1, -0.05) is 12.1 Å². The molecular formula is C19H19F3N4O3S. The summed E-state index contributed by atoms with van der Waals surface area (Å²) in [7, 11) is 1.84. The number of nitrogens with zero attached hydrogens (tertiary/aromatic N) is 2. The van der Waals surface area contributed by atoms with Crippen molar-refractivity contribution < 1.29 is 27.1 Å². The molecule has 0 aliphatic heterocycles. The van der Waals surface area contributed by atoms with Gasteiger partial charge in [-0.25, -0.2) is 4.98 Å². The van der Waals surface area contributed by atoms with Gasteiger partial charge in [0.25, 0.3) is 5.91 Å². The van der Waals surface area contributed by atoms with Crippen molar-refractivity contribution in [1.29, 1.82) is 0 Å². The number of hydrogen-bond donors (Lipinski definition) is 2. The van der Waals surface area contributed by atoms with E-state index in [1.165, 1.54) is 24.3 Å². The molecular weight excluding hydrogens is 421 g/mol. The molecule has 0 bridgehead atoms. The van der Waals surface area contributed by atoms with E-state index in [1.54, 1.807) is 13.0 Å². The smallest absolute Gasteiger partial charge is 0.461 e. The predicted octanol–water partition coefficient (Wildman–Crippen LogP) is 4.41. The summed E-state index contributed by atoms with van der Waals surface area (Å²) in [5, 5.41) is 6.10. The molecule has 30 heavy (non-hydrogen) atoms. The summed E-state index contributed by atoms with van der Waals surface area (Å²) < 4.78 is 51.0. The van der Waals surface area contributed by atoms with Gasteiger partial charge >= 0.3 is 6.36 Å². The van der Waals surface area contributed by atoms with Gasteiger partial charge in [0, 0.05) is 29.6 Å². The number of aryl methyl sites for hydroxylation is 1. The van der Waals surface area contributed by atoms with Gasteiger partial charge in [0.15, 0.2) is 0 Å². The van der Waals surface area contributed by atoms with Crippen LogP contribution in [0.25, 0.3) is 11.3 Å². The number of hydrogen-bond acceptors (Lipinski definition) is 7. The fourth-order valence-electron chi connectivity index (χ4n) is 2.62. The van der Waals surface area contributed by atoms with Gasteiger partial charge in [-0.15, -0.1) is 13.2 Å². The Hall–Kier alpha value is -2.92. The standard InChI is InChI=1S/C19H19F3N4O3S/c1-10(23-3)7-16-24-18(30-26-16)25-17(27)14-9-15(28-11(14)2)12-5-4-6-13(8-12)29-19(20,21)22/h4-6,8-10,23H,7H2,1-3H3,(H,24,25,26,27). The van der Waals surface area contributed by atoms with Crippen LogP contribution < -0.4 is 15.4 Å². The molecule has 1 atom stereocenters. The maximum Gasteiger partial charge on any atom is 0.573 e. The van der Waals surface area contributed by atoms with Crippen LogP contribution in [0.15, 0.2) is 34.7 Å². The van der Waals surface area contributed by atoms with Crippen LogP contribution in [0.4, 0.5) is 18.3 Å². The molecule has 0 aliphatic carbocycles. The van der Waals surface area contributed by atoms with E-state index < -0.39 is 12.3 Å². The average Bonchev–Trinajstić information content (AvgIpc) is 3.26. The second-order valence-electron chi connectivity index (χ2n) is 6.52. The van der Waals surface area contributed by atoms with Gasteiger partial charge in [0.1, 0.15) is 23.1 Å². The minimum absolute atomic E-state index is 0.193. The van der Waals surface area contributed by atoms with E-state index in [0.29, 0.717) is 28.7 Å². The van der Waals surface area contributed by atoms with Crippen molar-refractivity contribution in [3.8, 4) is 17.1 Å². The molecule has 3 aromatic rings. The monoisotopic (exact) mass is 440 g/mol. The summed E-state index contributed by atoms with van der Waals surface area (Å²) in [4.78, 5) is 16.9. The zero-order valence-corrected chi connectivity index (χ0v) is 17.1. The zero-order chi connectivity index (χ0) is 21.9. The van der Waals surface area contributed by atoms with Crippen LogP contribution in [-0.2, 0) is 6.42 Å². The minimum Gasteiger partial charge on any atom is -0.461 e. The first-order valence-electron chi connectivity index (χ1n) is 8.92. The summed E-state index contributed by atoms with van der Waals surface area (Å²) in [6.45, 7) is 3.58. The lowest BCUT2D eigenvalue weighted by atomic mass is 10.1. The number of aromatic nitrogens is 2. The van der Waals surface area contributed by atoms with Gasteiger partial charge in [-0.05, 0) is 39.1 Å². The zero-order valence-electron chi connectivity index (χ0n) is 16.3. The van der Waals surface area contributed by atoms with E-state index in [9.17, 15) is 18.0 Å². The number of carbonyl (C=O) groups is 1. The Balaban J connectivity index is 1.75. The highest BCUT2D eigenvalue weighted by molar-refractivity contribution is 7.09. The van der Waals surface area contributed by atoms with E-state index in [2.05, 4.69) is 24.7 Å². The summed E-state index contributed by atoms with van der Waals surface area (Å²) in [5.74, 6) is 0.347. The molecule has 0 radical (unpaired) electrons. The van der Waals surface area contributed by atoms with Crippen molar-refractivity contribution in [3.63, 3.8) is 0 Å². The molecule has 0 saturated heterocycles. The number of carbonyl (C=O) groups excluding carboxylic acids is 1. The lowest BCUT2D eigenvalue weighted by Gasteiger charge is -2.09. The van der Waals surface area contributed by atoms with Crippen LogP contribution in [-0.4, -0.2) is 34.7 Å². The number of likely N-dealkylation sites (N-methyl/N-ethyl adjacent to an activating group) is 1. The van der Waals surface area contributed by atoms with Crippen molar-refractivity contribution >= 4 is 22.6 Å². The van der Waals surface area contributed by atoms with Crippen LogP contribution in [0.2, 0.25) is 0 Å². The molecule has 1 aromatic carbocycles. The van der Waals surface area contributed by atoms with Gasteiger partial charge in [-0.3, -0.25) is 10.1 Å². The number of amides is 1. The van der Waals surface area contributed by atoms with Crippen LogP contribution in [0, 0.1) is 6.92 Å². The number of ether oxygens (including phenoxy) is 1. The second-order valence-corrected chi connectivity index (χ2v) is 7.27. The molecule has 0 spiro atoms. The van der Waals surface area contributed by atoms with E-state index in [1.807, 2.05) is 14.0 Å². The predicted molar refractivity (Wildman–Crippen MR) is 106 cm³/mol. The van der Waals surface area contributed by atoms with Crippen molar-refractivity contribution in [3.05, 3.63) is 47.5 Å².